The summed E-state index contributed by atoms with van der Waals surface area (Å²) in [6.45, 7) is 12.8. The molecule has 0 aromatic rings. The van der Waals surface area contributed by atoms with Crippen LogP contribution in [-0.2, 0) is 0 Å². The fourth-order valence-electron chi connectivity index (χ4n) is 2.80. The van der Waals surface area contributed by atoms with Crippen LogP contribution in [0.1, 0.15) is 25.7 Å². The van der Waals surface area contributed by atoms with E-state index in [1.54, 1.807) is 12.2 Å². The molecule has 0 rings (SSSR count). The molecule has 0 radical (unpaired) electrons. The van der Waals surface area contributed by atoms with Crippen LogP contribution in [0.5, 0.6) is 0 Å². The van der Waals surface area contributed by atoms with Crippen LogP contribution in [0.3, 0.4) is 0 Å². The van der Waals surface area contributed by atoms with Crippen LogP contribution in [0, 0.1) is 0 Å². The van der Waals surface area contributed by atoms with Gasteiger partial charge in [-0.15, -0.1) is 13.2 Å². The Bertz CT molecular complexity index is 610. The molecule has 12 heteroatoms. The SMILES string of the molecule is C=CCNC(=O)NC(N)=NCCCN(C)CCCCN(C)CCCN=C(N)NC(=O)NCC=C. The number of aliphatic imine (C=N–C) groups is 2. The van der Waals surface area contributed by atoms with Crippen molar-refractivity contribution in [3.05, 3.63) is 25.3 Å². The zero-order valence-corrected chi connectivity index (χ0v) is 20.8. The molecule has 0 saturated heterocycles. The molecule has 0 saturated carbocycles. The van der Waals surface area contributed by atoms with E-state index in [-0.39, 0.29) is 24.0 Å². The summed E-state index contributed by atoms with van der Waals surface area (Å²) < 4.78 is 0. The Kier molecular flexibility index (Phi) is 18.6. The van der Waals surface area contributed by atoms with E-state index in [1.165, 1.54) is 0 Å². The zero-order chi connectivity index (χ0) is 25.6. The molecule has 194 valence electrons. The van der Waals surface area contributed by atoms with Crippen molar-refractivity contribution in [1.82, 2.24) is 31.1 Å². The number of urea groups is 2. The number of rotatable bonds is 17. The third kappa shape index (κ3) is 19.6. The highest BCUT2D eigenvalue weighted by atomic mass is 16.2. The molecule has 8 N–H and O–H groups in total. The molecule has 0 aromatic carbocycles. The maximum Gasteiger partial charge on any atom is 0.321 e. The summed E-state index contributed by atoms with van der Waals surface area (Å²) >= 11 is 0. The summed E-state index contributed by atoms with van der Waals surface area (Å²) in [6.07, 6.45) is 7.11. The van der Waals surface area contributed by atoms with Crippen LogP contribution in [0.15, 0.2) is 35.3 Å². The number of hydrogen-bond acceptors (Lipinski definition) is 6. The number of nitrogens with one attached hydrogen (secondary N) is 4. The van der Waals surface area contributed by atoms with Crippen molar-refractivity contribution in [1.29, 1.82) is 0 Å². The molecule has 0 bridgehead atoms. The molecule has 12 nitrogen and oxygen atoms in total. The number of carbonyl (C=O) groups excluding carboxylic acids is 2. The average molecular weight is 481 g/mol. The largest absolute Gasteiger partial charge is 0.370 e. The van der Waals surface area contributed by atoms with Gasteiger partial charge in [-0.3, -0.25) is 20.6 Å². The van der Waals surface area contributed by atoms with Crippen LogP contribution in [0.25, 0.3) is 0 Å². The van der Waals surface area contributed by atoms with E-state index in [2.05, 4.69) is 68.3 Å². The lowest BCUT2D eigenvalue weighted by molar-refractivity contribution is 0.245. The fraction of sp³-hybridized carbons (Fsp3) is 0.636. The molecule has 0 aliphatic rings. The molecule has 0 fully saturated rings. The van der Waals surface area contributed by atoms with Crippen LogP contribution in [0.4, 0.5) is 9.59 Å². The van der Waals surface area contributed by atoms with E-state index in [1.807, 2.05) is 0 Å². The van der Waals surface area contributed by atoms with Gasteiger partial charge in [0, 0.05) is 26.2 Å². The molecule has 0 atom stereocenters. The van der Waals surface area contributed by atoms with Crippen LogP contribution in [0.2, 0.25) is 0 Å². The minimum absolute atomic E-state index is 0.117. The fourth-order valence-corrected chi connectivity index (χ4v) is 2.80. The maximum atomic E-state index is 11.4. The molecule has 0 aliphatic carbocycles. The molecule has 0 aromatic heterocycles. The molecule has 0 aliphatic heterocycles. The Labute approximate surface area is 204 Å². The van der Waals surface area contributed by atoms with Crippen molar-refractivity contribution < 1.29 is 9.59 Å². The summed E-state index contributed by atoms with van der Waals surface area (Å²) in [6, 6.07) is -0.776. The number of amides is 4. The highest BCUT2D eigenvalue weighted by Crippen LogP contribution is 1.98. The van der Waals surface area contributed by atoms with E-state index in [9.17, 15) is 9.59 Å². The molecule has 4 amide bonds. The minimum Gasteiger partial charge on any atom is -0.370 e. The molecule has 0 unspecified atom stereocenters. The lowest BCUT2D eigenvalue weighted by Crippen LogP contribution is -2.43. The second-order valence-corrected chi connectivity index (χ2v) is 7.80. The normalized spacial score (nSPS) is 11.9. The number of nitrogens with zero attached hydrogens (tertiary/aromatic N) is 4. The zero-order valence-electron chi connectivity index (χ0n) is 20.8. The predicted molar refractivity (Wildman–Crippen MR) is 140 cm³/mol. The third-order valence-corrected chi connectivity index (χ3v) is 4.59. The highest BCUT2D eigenvalue weighted by Gasteiger charge is 2.03. The monoisotopic (exact) mass is 480 g/mol. The van der Waals surface area contributed by atoms with Gasteiger partial charge >= 0.3 is 12.1 Å². The van der Waals surface area contributed by atoms with Crippen LogP contribution >= 0.6 is 0 Å². The summed E-state index contributed by atoms with van der Waals surface area (Å²) in [5, 5.41) is 10.1. The van der Waals surface area contributed by atoms with Gasteiger partial charge in [-0.25, -0.2) is 9.59 Å². The summed E-state index contributed by atoms with van der Waals surface area (Å²) in [5.41, 5.74) is 11.4. The van der Waals surface area contributed by atoms with Crippen molar-refractivity contribution in [2.24, 2.45) is 21.5 Å². The Morgan fingerprint density at radius 1 is 0.735 bits per heavy atom. The molecular weight excluding hydrogens is 436 g/mol. The van der Waals surface area contributed by atoms with Crippen molar-refractivity contribution in [3.63, 3.8) is 0 Å². The second kappa shape index (κ2) is 20.5. The van der Waals surface area contributed by atoms with Gasteiger partial charge in [-0.05, 0) is 66.0 Å². The van der Waals surface area contributed by atoms with Gasteiger partial charge < -0.3 is 31.9 Å². The number of carbonyl (C=O) groups is 2. The van der Waals surface area contributed by atoms with Gasteiger partial charge in [0.2, 0.25) is 0 Å². The first kappa shape index (κ1) is 30.9. The molecule has 0 heterocycles. The summed E-state index contributed by atoms with van der Waals surface area (Å²) in [7, 11) is 4.18. The Hall–Kier alpha value is -3.12. The highest BCUT2D eigenvalue weighted by molar-refractivity contribution is 5.95. The van der Waals surface area contributed by atoms with E-state index < -0.39 is 0 Å². The first-order valence-corrected chi connectivity index (χ1v) is 11.6. The maximum absolute atomic E-state index is 11.4. The molecule has 0 spiro atoms. The number of unbranched alkanes of at least 4 members (excludes halogenated alkanes) is 1. The van der Waals surface area contributed by atoms with Gasteiger partial charge in [0.25, 0.3) is 0 Å². The van der Waals surface area contributed by atoms with E-state index in [4.69, 9.17) is 11.5 Å². The first-order chi connectivity index (χ1) is 16.3. The van der Waals surface area contributed by atoms with Crippen LogP contribution in [-0.4, -0.2) is 100 Å². The van der Waals surface area contributed by atoms with Gasteiger partial charge in [-0.1, -0.05) is 12.2 Å². The topological polar surface area (TPSA) is 165 Å². The predicted octanol–water partition coefficient (Wildman–Crippen LogP) is 0.0102. The van der Waals surface area contributed by atoms with Crippen molar-refractivity contribution in [2.75, 3.05) is 66.5 Å². The number of guanidine groups is 2. The summed E-state index contributed by atoms with van der Waals surface area (Å²) in [5.74, 6) is 0.233. The van der Waals surface area contributed by atoms with E-state index in [0.29, 0.717) is 26.2 Å². The second-order valence-electron chi connectivity index (χ2n) is 7.80. The van der Waals surface area contributed by atoms with Crippen LogP contribution < -0.4 is 32.7 Å². The van der Waals surface area contributed by atoms with Gasteiger partial charge in [0.1, 0.15) is 0 Å². The van der Waals surface area contributed by atoms with Crippen molar-refractivity contribution in [3.8, 4) is 0 Å². The Morgan fingerprint density at radius 2 is 1.09 bits per heavy atom. The van der Waals surface area contributed by atoms with Crippen molar-refractivity contribution in [2.45, 2.75) is 25.7 Å². The van der Waals surface area contributed by atoms with Gasteiger partial charge in [0.05, 0.1) is 0 Å². The minimum atomic E-state index is -0.388. The van der Waals surface area contributed by atoms with Gasteiger partial charge in [-0.2, -0.15) is 0 Å². The van der Waals surface area contributed by atoms with Gasteiger partial charge in [0.15, 0.2) is 11.9 Å². The molecular formula is C22H44N10O2. The number of nitrogens with two attached hydrogens (primary N) is 2. The first-order valence-electron chi connectivity index (χ1n) is 11.6. The van der Waals surface area contributed by atoms with E-state index >= 15 is 0 Å². The average Bonchev–Trinajstić information content (AvgIpc) is 2.79. The Balaban J connectivity index is 3.78. The summed E-state index contributed by atoms with van der Waals surface area (Å²) in [4.78, 5) is 35.7. The lowest BCUT2D eigenvalue weighted by atomic mass is 10.2. The van der Waals surface area contributed by atoms with E-state index in [0.717, 1.165) is 51.9 Å². The smallest absolute Gasteiger partial charge is 0.321 e. The lowest BCUT2D eigenvalue weighted by Gasteiger charge is -2.18. The standard InChI is InChI=1S/C22H44N10O2/c1-5-11-27-21(33)29-19(23)25-13-9-17-31(3)15-7-8-16-32(4)18-10-14-26-20(24)30-22(34)28-12-6-2/h5-6H,1-2,7-18H2,3-4H3,(H4,23,25,27,29,33)(H4,24,26,28,30,34). The van der Waals surface area contributed by atoms with Crippen molar-refractivity contribution >= 4 is 24.0 Å². The Morgan fingerprint density at radius 3 is 1.44 bits per heavy atom. The quantitative estimate of drug-likeness (QED) is 0.0742. The molecule has 34 heavy (non-hydrogen) atoms. The number of hydrogen-bond donors (Lipinski definition) is 6. The third-order valence-electron chi connectivity index (χ3n) is 4.59.